The van der Waals surface area contributed by atoms with Crippen molar-refractivity contribution in [2.24, 2.45) is 0 Å². The number of carbonyl (C=O) groups is 1. The zero-order chi connectivity index (χ0) is 22.7. The molecule has 0 saturated carbocycles. The van der Waals surface area contributed by atoms with E-state index in [1.165, 1.54) is 22.9 Å². The Kier molecular flexibility index (Phi) is 6.69. The van der Waals surface area contributed by atoms with Crippen LogP contribution < -0.4 is 5.32 Å². The number of halogens is 4. The minimum atomic E-state index is -0.787. The van der Waals surface area contributed by atoms with Crippen molar-refractivity contribution in [1.82, 2.24) is 19.7 Å². The Balaban J connectivity index is 1.62. The number of nitrogens with one attached hydrogen (secondary N) is 1. The maximum atomic E-state index is 14.6. The number of amides is 1. The molecule has 0 atom stereocenters. The summed E-state index contributed by atoms with van der Waals surface area (Å²) < 4.78 is 29.5. The Labute approximate surface area is 195 Å². The molecular weight excluding hydrogens is 479 g/mol. The summed E-state index contributed by atoms with van der Waals surface area (Å²) >= 11 is 12.9. The molecule has 0 spiro atoms. The van der Waals surface area contributed by atoms with Crippen LogP contribution in [-0.4, -0.2) is 31.4 Å². The SMILES string of the molecule is O=C(CSc1nnc(-c2ccccc2)n1-c1ccc(F)cc1F)Nc1ncc(Cl)cc1Cl. The van der Waals surface area contributed by atoms with Crippen molar-refractivity contribution in [3.8, 4) is 17.1 Å². The highest BCUT2D eigenvalue weighted by Crippen LogP contribution is 2.30. The lowest BCUT2D eigenvalue weighted by molar-refractivity contribution is -0.113. The highest BCUT2D eigenvalue weighted by atomic mass is 35.5. The third kappa shape index (κ3) is 4.90. The van der Waals surface area contributed by atoms with Crippen LogP contribution >= 0.6 is 35.0 Å². The van der Waals surface area contributed by atoms with Crippen LogP contribution in [0.5, 0.6) is 0 Å². The Morgan fingerprint density at radius 2 is 1.84 bits per heavy atom. The number of hydrogen-bond donors (Lipinski definition) is 1. The first-order valence-electron chi connectivity index (χ1n) is 9.12. The first-order chi connectivity index (χ1) is 15.4. The van der Waals surface area contributed by atoms with Crippen LogP contribution in [-0.2, 0) is 4.79 Å². The van der Waals surface area contributed by atoms with Gasteiger partial charge in [-0.05, 0) is 18.2 Å². The molecule has 0 aliphatic carbocycles. The minimum Gasteiger partial charge on any atom is -0.309 e. The van der Waals surface area contributed by atoms with Gasteiger partial charge in [0.1, 0.15) is 11.6 Å². The number of nitrogens with zero attached hydrogens (tertiary/aromatic N) is 4. The van der Waals surface area contributed by atoms with Crippen LogP contribution in [0.2, 0.25) is 10.0 Å². The van der Waals surface area contributed by atoms with E-state index in [-0.39, 0.29) is 27.4 Å². The van der Waals surface area contributed by atoms with Gasteiger partial charge in [0.05, 0.1) is 21.5 Å². The van der Waals surface area contributed by atoms with E-state index >= 15 is 0 Å². The van der Waals surface area contributed by atoms with Gasteiger partial charge in [-0.25, -0.2) is 13.8 Å². The largest absolute Gasteiger partial charge is 0.309 e. The number of rotatable bonds is 6. The number of thioether (sulfide) groups is 1. The second kappa shape index (κ2) is 9.64. The zero-order valence-corrected chi connectivity index (χ0v) is 18.4. The lowest BCUT2D eigenvalue weighted by atomic mass is 10.2. The molecule has 2 aromatic heterocycles. The molecule has 2 heterocycles. The Morgan fingerprint density at radius 1 is 1.06 bits per heavy atom. The van der Waals surface area contributed by atoms with Gasteiger partial charge in [-0.1, -0.05) is 65.3 Å². The molecule has 6 nitrogen and oxygen atoms in total. The lowest BCUT2D eigenvalue weighted by Gasteiger charge is -2.11. The molecule has 1 amide bonds. The number of benzene rings is 2. The molecule has 1 N–H and O–H groups in total. The van der Waals surface area contributed by atoms with Crippen LogP contribution in [0.15, 0.2) is 66.0 Å². The van der Waals surface area contributed by atoms with Gasteiger partial charge in [-0.2, -0.15) is 0 Å². The number of anilines is 1. The molecule has 0 aliphatic heterocycles. The summed E-state index contributed by atoms with van der Waals surface area (Å²) in [5, 5.41) is 11.6. The monoisotopic (exact) mass is 491 g/mol. The molecular formula is C21H13Cl2F2N5OS. The molecule has 32 heavy (non-hydrogen) atoms. The molecule has 0 bridgehead atoms. The van der Waals surface area contributed by atoms with E-state index in [4.69, 9.17) is 23.2 Å². The van der Waals surface area contributed by atoms with Crippen molar-refractivity contribution in [2.75, 3.05) is 11.1 Å². The van der Waals surface area contributed by atoms with Gasteiger partial charge in [0.15, 0.2) is 16.8 Å². The van der Waals surface area contributed by atoms with E-state index in [1.807, 2.05) is 6.07 Å². The van der Waals surface area contributed by atoms with Gasteiger partial charge in [0.25, 0.3) is 0 Å². The van der Waals surface area contributed by atoms with Crippen LogP contribution in [0.3, 0.4) is 0 Å². The molecule has 0 aliphatic rings. The Bertz CT molecular complexity index is 1290. The van der Waals surface area contributed by atoms with E-state index in [0.717, 1.165) is 23.9 Å². The highest BCUT2D eigenvalue weighted by molar-refractivity contribution is 7.99. The third-order valence-corrected chi connectivity index (χ3v) is 5.64. The smallest absolute Gasteiger partial charge is 0.236 e. The lowest BCUT2D eigenvalue weighted by Crippen LogP contribution is -2.16. The predicted molar refractivity (Wildman–Crippen MR) is 120 cm³/mol. The summed E-state index contributed by atoms with van der Waals surface area (Å²) in [5.41, 5.74) is 0.734. The molecule has 0 fully saturated rings. The van der Waals surface area contributed by atoms with E-state index < -0.39 is 17.5 Å². The Hall–Kier alpha value is -3.01. The van der Waals surface area contributed by atoms with Gasteiger partial charge in [-0.15, -0.1) is 10.2 Å². The van der Waals surface area contributed by atoms with Gasteiger partial charge >= 0.3 is 0 Å². The van der Waals surface area contributed by atoms with Crippen molar-refractivity contribution in [1.29, 1.82) is 0 Å². The number of aromatic nitrogens is 4. The molecule has 0 unspecified atom stereocenters. The summed E-state index contributed by atoms with van der Waals surface area (Å²) in [5.74, 6) is -1.48. The minimum absolute atomic E-state index is 0.0561. The molecule has 0 saturated heterocycles. The zero-order valence-electron chi connectivity index (χ0n) is 16.1. The van der Waals surface area contributed by atoms with Crippen LogP contribution in [0.25, 0.3) is 17.1 Å². The third-order valence-electron chi connectivity index (χ3n) is 4.21. The maximum Gasteiger partial charge on any atom is 0.236 e. The number of pyridine rings is 1. The van der Waals surface area contributed by atoms with Crippen molar-refractivity contribution >= 4 is 46.7 Å². The first-order valence-corrected chi connectivity index (χ1v) is 10.9. The van der Waals surface area contributed by atoms with Crippen molar-refractivity contribution < 1.29 is 13.6 Å². The highest BCUT2D eigenvalue weighted by Gasteiger charge is 2.20. The van der Waals surface area contributed by atoms with E-state index in [2.05, 4.69) is 20.5 Å². The molecule has 0 radical (unpaired) electrons. The number of hydrogen-bond acceptors (Lipinski definition) is 5. The summed E-state index contributed by atoms with van der Waals surface area (Å²) in [6.07, 6.45) is 1.36. The van der Waals surface area contributed by atoms with Crippen molar-refractivity contribution in [2.45, 2.75) is 5.16 Å². The standard InChI is InChI=1S/C21H13Cl2F2N5OS/c22-13-8-15(23)19(26-10-13)27-18(31)11-32-21-29-28-20(12-4-2-1-3-5-12)30(21)17-7-6-14(24)9-16(17)25/h1-10H,11H2,(H,26,27,31). The van der Waals surface area contributed by atoms with E-state index in [0.29, 0.717) is 16.4 Å². The van der Waals surface area contributed by atoms with Gasteiger partial charge in [0, 0.05) is 17.8 Å². The average molecular weight is 492 g/mol. The van der Waals surface area contributed by atoms with Crippen LogP contribution in [0.1, 0.15) is 0 Å². The fraction of sp³-hybridized carbons (Fsp3) is 0.0476. The normalized spacial score (nSPS) is 10.9. The summed E-state index contributed by atoms with van der Waals surface area (Å²) in [7, 11) is 0. The Morgan fingerprint density at radius 3 is 2.56 bits per heavy atom. The molecule has 4 rings (SSSR count). The van der Waals surface area contributed by atoms with Gasteiger partial charge < -0.3 is 5.32 Å². The van der Waals surface area contributed by atoms with E-state index in [9.17, 15) is 13.6 Å². The second-order valence-corrected chi connectivity index (χ2v) is 8.21. The maximum absolute atomic E-state index is 14.6. The molecule has 11 heteroatoms. The van der Waals surface area contributed by atoms with Gasteiger partial charge in [-0.3, -0.25) is 9.36 Å². The summed E-state index contributed by atoms with van der Waals surface area (Å²) in [6.45, 7) is 0. The molecule has 162 valence electrons. The van der Waals surface area contributed by atoms with Crippen LogP contribution in [0.4, 0.5) is 14.6 Å². The fourth-order valence-corrected chi connectivity index (χ4v) is 3.99. The summed E-state index contributed by atoms with van der Waals surface area (Å²) in [4.78, 5) is 16.4. The predicted octanol–water partition coefficient (Wildman–Crippen LogP) is 5.65. The molecule has 4 aromatic rings. The fourth-order valence-electron chi connectivity index (χ4n) is 2.82. The summed E-state index contributed by atoms with van der Waals surface area (Å²) in [6, 6.07) is 13.7. The van der Waals surface area contributed by atoms with Crippen LogP contribution in [0, 0.1) is 11.6 Å². The first kappa shape index (κ1) is 22.2. The van der Waals surface area contributed by atoms with Crippen molar-refractivity contribution in [3.63, 3.8) is 0 Å². The van der Waals surface area contributed by atoms with E-state index in [1.54, 1.807) is 24.3 Å². The van der Waals surface area contributed by atoms with Crippen molar-refractivity contribution in [3.05, 3.63) is 82.5 Å². The average Bonchev–Trinajstić information content (AvgIpc) is 3.18. The van der Waals surface area contributed by atoms with Gasteiger partial charge in [0.2, 0.25) is 5.91 Å². The second-order valence-electron chi connectivity index (χ2n) is 6.42. The number of carbonyl (C=O) groups excluding carboxylic acids is 1. The quantitative estimate of drug-likeness (QED) is 0.353. The topological polar surface area (TPSA) is 72.7 Å². The molecule has 2 aromatic carbocycles.